The number of hydrogen-bond donors (Lipinski definition) is 3. The summed E-state index contributed by atoms with van der Waals surface area (Å²) < 4.78 is 1.98. The molecule has 1 aromatic heterocycles. The Hall–Kier alpha value is -2.88. The molecule has 176 valence electrons. The van der Waals surface area contributed by atoms with Crippen LogP contribution in [0.2, 0.25) is 0 Å². The van der Waals surface area contributed by atoms with Gasteiger partial charge in [-0.25, -0.2) is 9.67 Å². The quantitative estimate of drug-likeness (QED) is 0.217. The highest BCUT2D eigenvalue weighted by Crippen LogP contribution is 2.18. The summed E-state index contributed by atoms with van der Waals surface area (Å²) in [4.78, 5) is 15.9. The molecule has 2 aromatic carbocycles. The average Bonchev–Trinajstić information content (AvgIpc) is 3.10. The lowest BCUT2D eigenvalue weighted by Gasteiger charge is -2.13. The lowest BCUT2D eigenvalue weighted by Crippen LogP contribution is -2.38. The van der Waals surface area contributed by atoms with E-state index < -0.39 is 0 Å². The molecule has 0 saturated heterocycles. The van der Waals surface area contributed by atoms with Crippen molar-refractivity contribution in [3.05, 3.63) is 77.1 Å². The monoisotopic (exact) mass is 560 g/mol. The minimum absolute atomic E-state index is 0. The second-order valence-electron chi connectivity index (χ2n) is 7.72. The molecule has 3 rings (SSSR count). The number of halogens is 1. The normalized spacial score (nSPS) is 11.0. The highest BCUT2D eigenvalue weighted by Gasteiger charge is 2.09. The number of nitrogens with zero attached hydrogens (tertiary/aromatic N) is 3. The molecule has 0 aliphatic rings. The van der Waals surface area contributed by atoms with Crippen LogP contribution in [-0.2, 0) is 17.8 Å². The van der Waals surface area contributed by atoms with Crippen molar-refractivity contribution in [2.75, 3.05) is 18.4 Å². The molecule has 0 unspecified atom stereocenters. The molecule has 0 radical (unpaired) electrons. The number of carbonyl (C=O) groups excluding carboxylic acids is 1. The highest BCUT2D eigenvalue weighted by atomic mass is 127. The number of hydrogen-bond acceptors (Lipinski definition) is 3. The average molecular weight is 560 g/mol. The third kappa shape index (κ3) is 7.88. The van der Waals surface area contributed by atoms with Crippen LogP contribution in [-0.4, -0.2) is 34.7 Å². The molecular weight excluding hydrogens is 527 g/mol. The molecule has 33 heavy (non-hydrogen) atoms. The minimum atomic E-state index is -0.0645. The van der Waals surface area contributed by atoms with E-state index in [4.69, 9.17) is 4.99 Å². The first-order valence-corrected chi connectivity index (χ1v) is 11.0. The zero-order chi connectivity index (χ0) is 22.9. The summed E-state index contributed by atoms with van der Waals surface area (Å²) in [7, 11) is 0. The Morgan fingerprint density at radius 2 is 1.79 bits per heavy atom. The van der Waals surface area contributed by atoms with Gasteiger partial charge in [0.25, 0.3) is 0 Å². The Labute approximate surface area is 213 Å². The fraction of sp³-hybridized carbons (Fsp3) is 0.320. The van der Waals surface area contributed by atoms with Gasteiger partial charge in [-0.05, 0) is 62.6 Å². The summed E-state index contributed by atoms with van der Waals surface area (Å²) in [5, 5.41) is 14.1. The molecule has 0 bridgehead atoms. The molecule has 0 aliphatic heterocycles. The molecule has 1 amide bonds. The van der Waals surface area contributed by atoms with E-state index in [9.17, 15) is 4.79 Å². The van der Waals surface area contributed by atoms with Crippen LogP contribution in [0, 0.1) is 13.8 Å². The number of amides is 1. The van der Waals surface area contributed by atoms with Crippen molar-refractivity contribution in [2.45, 2.75) is 40.7 Å². The smallest absolute Gasteiger partial charge is 0.221 e. The molecule has 7 nitrogen and oxygen atoms in total. The Kier molecular flexibility index (Phi) is 10.4. The largest absolute Gasteiger partial charge is 0.357 e. The summed E-state index contributed by atoms with van der Waals surface area (Å²) in [6, 6.07) is 18.2. The fourth-order valence-corrected chi connectivity index (χ4v) is 3.51. The van der Waals surface area contributed by atoms with Crippen LogP contribution in [0.1, 0.15) is 36.4 Å². The first-order valence-electron chi connectivity index (χ1n) is 11.0. The number of anilines is 1. The van der Waals surface area contributed by atoms with Gasteiger partial charge in [-0.2, -0.15) is 5.10 Å². The molecule has 8 heteroatoms. The van der Waals surface area contributed by atoms with E-state index >= 15 is 0 Å². The van der Waals surface area contributed by atoms with E-state index in [1.54, 1.807) is 0 Å². The van der Waals surface area contributed by atoms with Crippen LogP contribution in [0.4, 0.5) is 5.69 Å². The van der Waals surface area contributed by atoms with Gasteiger partial charge in [0.05, 0.1) is 17.9 Å². The predicted molar refractivity (Wildman–Crippen MR) is 146 cm³/mol. The standard InChI is InChI=1S/C25H32N6O.HI/c1-5-26-25(27-15-14-21-10-12-23(13-11-21)29-20(4)32)28-17-22-8-6-7-9-24(22)31-19(3)16-18(2)30-31;/h6-13,16H,5,14-15,17H2,1-4H3,(H,29,32)(H2,26,27,28);1H. The molecule has 0 fully saturated rings. The van der Waals surface area contributed by atoms with E-state index in [1.807, 2.05) is 48.0 Å². The second-order valence-corrected chi connectivity index (χ2v) is 7.72. The lowest BCUT2D eigenvalue weighted by molar-refractivity contribution is -0.114. The van der Waals surface area contributed by atoms with Crippen LogP contribution in [0.25, 0.3) is 5.69 Å². The Bertz CT molecular complexity index is 1070. The number of para-hydroxylation sites is 1. The van der Waals surface area contributed by atoms with Gasteiger partial charge in [0, 0.05) is 31.4 Å². The maximum atomic E-state index is 11.1. The molecule has 0 spiro atoms. The Balaban J connectivity index is 0.00000385. The van der Waals surface area contributed by atoms with Gasteiger partial charge in [0.15, 0.2) is 5.96 Å². The Morgan fingerprint density at radius 1 is 1.06 bits per heavy atom. The van der Waals surface area contributed by atoms with Gasteiger partial charge in [-0.15, -0.1) is 24.0 Å². The molecule has 0 saturated carbocycles. The van der Waals surface area contributed by atoms with Crippen LogP contribution in [0.5, 0.6) is 0 Å². The third-order valence-corrected chi connectivity index (χ3v) is 4.96. The minimum Gasteiger partial charge on any atom is -0.357 e. The predicted octanol–water partition coefficient (Wildman–Crippen LogP) is 4.36. The number of guanidine groups is 1. The van der Waals surface area contributed by atoms with Gasteiger partial charge in [-0.1, -0.05) is 30.3 Å². The lowest BCUT2D eigenvalue weighted by atomic mass is 10.1. The number of aromatic nitrogens is 2. The van der Waals surface area contributed by atoms with Gasteiger partial charge < -0.3 is 16.0 Å². The Morgan fingerprint density at radius 3 is 2.42 bits per heavy atom. The van der Waals surface area contributed by atoms with E-state index in [-0.39, 0.29) is 29.9 Å². The van der Waals surface area contributed by atoms with Crippen molar-refractivity contribution in [1.82, 2.24) is 20.4 Å². The third-order valence-electron chi connectivity index (χ3n) is 4.96. The van der Waals surface area contributed by atoms with Crippen molar-refractivity contribution in [3.8, 4) is 5.69 Å². The van der Waals surface area contributed by atoms with Crippen LogP contribution >= 0.6 is 24.0 Å². The van der Waals surface area contributed by atoms with Gasteiger partial charge in [-0.3, -0.25) is 4.79 Å². The maximum Gasteiger partial charge on any atom is 0.221 e. The zero-order valence-electron chi connectivity index (χ0n) is 19.7. The topological polar surface area (TPSA) is 83.3 Å². The zero-order valence-corrected chi connectivity index (χ0v) is 22.0. The van der Waals surface area contributed by atoms with Crippen LogP contribution < -0.4 is 16.0 Å². The fourth-order valence-electron chi connectivity index (χ4n) is 3.51. The summed E-state index contributed by atoms with van der Waals surface area (Å²) in [5.41, 5.74) is 6.28. The van der Waals surface area contributed by atoms with E-state index in [0.717, 1.165) is 53.8 Å². The van der Waals surface area contributed by atoms with Crippen molar-refractivity contribution in [3.63, 3.8) is 0 Å². The first-order chi connectivity index (χ1) is 15.5. The summed E-state index contributed by atoms with van der Waals surface area (Å²) in [6.45, 7) is 9.73. The van der Waals surface area contributed by atoms with E-state index in [1.165, 1.54) is 12.5 Å². The number of aryl methyl sites for hydroxylation is 2. The van der Waals surface area contributed by atoms with Crippen molar-refractivity contribution < 1.29 is 4.79 Å². The molecule has 3 N–H and O–H groups in total. The second kappa shape index (κ2) is 13.0. The van der Waals surface area contributed by atoms with Crippen LogP contribution in [0.15, 0.2) is 59.6 Å². The van der Waals surface area contributed by atoms with E-state index in [2.05, 4.69) is 53.1 Å². The highest BCUT2D eigenvalue weighted by molar-refractivity contribution is 14.0. The summed E-state index contributed by atoms with van der Waals surface area (Å²) >= 11 is 0. The van der Waals surface area contributed by atoms with Gasteiger partial charge >= 0.3 is 0 Å². The number of benzene rings is 2. The van der Waals surface area contributed by atoms with Gasteiger partial charge in [0.1, 0.15) is 0 Å². The summed E-state index contributed by atoms with van der Waals surface area (Å²) in [5.74, 6) is 0.718. The number of rotatable bonds is 8. The van der Waals surface area contributed by atoms with E-state index in [0.29, 0.717) is 6.54 Å². The summed E-state index contributed by atoms with van der Waals surface area (Å²) in [6.07, 6.45) is 0.854. The van der Waals surface area contributed by atoms with Crippen molar-refractivity contribution in [2.24, 2.45) is 4.99 Å². The number of aliphatic imine (C=N–C) groups is 1. The molecule has 3 aromatic rings. The molecule has 0 atom stereocenters. The molecule has 0 aliphatic carbocycles. The maximum absolute atomic E-state index is 11.1. The molecule has 1 heterocycles. The van der Waals surface area contributed by atoms with Gasteiger partial charge in [0.2, 0.25) is 5.91 Å². The van der Waals surface area contributed by atoms with Crippen LogP contribution in [0.3, 0.4) is 0 Å². The van der Waals surface area contributed by atoms with Crippen molar-refractivity contribution in [1.29, 1.82) is 0 Å². The number of carbonyl (C=O) groups is 1. The SMILES string of the molecule is CCNC(=NCc1ccccc1-n1nc(C)cc1C)NCCc1ccc(NC(C)=O)cc1.I. The molecular formula is C25H33IN6O. The first kappa shape index (κ1) is 26.4. The van der Waals surface area contributed by atoms with Crippen molar-refractivity contribution >= 4 is 41.5 Å². The number of nitrogens with one attached hydrogen (secondary N) is 3.